The van der Waals surface area contributed by atoms with Crippen molar-refractivity contribution in [2.45, 2.75) is 20.3 Å². The molecule has 1 fully saturated rings. The molecule has 22 heavy (non-hydrogen) atoms. The number of aliphatic imine (C=N–C) groups is 1. The quantitative estimate of drug-likeness (QED) is 0.621. The second-order valence-corrected chi connectivity index (χ2v) is 7.22. The molecule has 1 aliphatic rings. The molecule has 122 valence electrons. The third kappa shape index (κ3) is 5.20. The minimum Gasteiger partial charge on any atom is -0.371 e. The summed E-state index contributed by atoms with van der Waals surface area (Å²) in [4.78, 5) is 6.74. The number of anilines is 1. The lowest BCUT2D eigenvalue weighted by Gasteiger charge is -2.20. The summed E-state index contributed by atoms with van der Waals surface area (Å²) in [5.74, 6) is 2.20. The van der Waals surface area contributed by atoms with Crippen molar-refractivity contribution in [2.24, 2.45) is 16.8 Å². The van der Waals surface area contributed by atoms with Crippen LogP contribution >= 0.6 is 15.9 Å². The zero-order valence-corrected chi connectivity index (χ0v) is 15.4. The minimum absolute atomic E-state index is 0.622. The van der Waals surface area contributed by atoms with Crippen molar-refractivity contribution in [3.63, 3.8) is 0 Å². The van der Waals surface area contributed by atoms with Gasteiger partial charge >= 0.3 is 0 Å². The molecule has 4 nitrogen and oxygen atoms in total. The summed E-state index contributed by atoms with van der Waals surface area (Å²) < 4.78 is 1.14. The van der Waals surface area contributed by atoms with E-state index in [4.69, 9.17) is 0 Å². The molecule has 2 N–H and O–H groups in total. The van der Waals surface area contributed by atoms with Crippen molar-refractivity contribution in [3.05, 3.63) is 28.7 Å². The summed E-state index contributed by atoms with van der Waals surface area (Å²) in [5.41, 5.74) is 1.30. The Hall–Kier alpha value is -1.23. The molecule has 5 heteroatoms. The van der Waals surface area contributed by atoms with Crippen LogP contribution in [0.2, 0.25) is 0 Å². The molecule has 1 heterocycles. The number of hydrogen-bond donors (Lipinski definition) is 2. The van der Waals surface area contributed by atoms with Gasteiger partial charge in [0.15, 0.2) is 5.96 Å². The number of halogens is 1. The van der Waals surface area contributed by atoms with Gasteiger partial charge in [0, 0.05) is 43.4 Å². The van der Waals surface area contributed by atoms with E-state index in [-0.39, 0.29) is 0 Å². The van der Waals surface area contributed by atoms with Gasteiger partial charge < -0.3 is 15.5 Å². The lowest BCUT2D eigenvalue weighted by molar-refractivity contribution is 0.557. The first kappa shape index (κ1) is 17.1. The number of benzene rings is 1. The average Bonchev–Trinajstić information content (AvgIpc) is 2.96. The average molecular weight is 367 g/mol. The third-order valence-corrected chi connectivity index (χ3v) is 4.41. The fraction of sp³-hybridized carbons (Fsp3) is 0.588. The van der Waals surface area contributed by atoms with Crippen molar-refractivity contribution in [1.82, 2.24) is 10.6 Å². The van der Waals surface area contributed by atoms with Crippen LogP contribution in [-0.2, 0) is 0 Å². The van der Waals surface area contributed by atoms with Crippen LogP contribution in [0.15, 0.2) is 33.7 Å². The lowest BCUT2D eigenvalue weighted by Crippen LogP contribution is -2.41. The van der Waals surface area contributed by atoms with Crippen molar-refractivity contribution in [2.75, 3.05) is 38.1 Å². The molecular formula is C17H27BrN4. The van der Waals surface area contributed by atoms with Gasteiger partial charge in [-0.25, -0.2) is 0 Å². The molecule has 0 bridgehead atoms. The highest BCUT2D eigenvalue weighted by Crippen LogP contribution is 2.25. The molecule has 1 saturated heterocycles. The van der Waals surface area contributed by atoms with Gasteiger partial charge in [-0.2, -0.15) is 0 Å². The summed E-state index contributed by atoms with van der Waals surface area (Å²) in [5, 5.41) is 6.82. The van der Waals surface area contributed by atoms with Gasteiger partial charge in [-0.15, -0.1) is 0 Å². The highest BCUT2D eigenvalue weighted by atomic mass is 79.9. The predicted octanol–water partition coefficient (Wildman–Crippen LogP) is 3.10. The van der Waals surface area contributed by atoms with Gasteiger partial charge in [0.25, 0.3) is 0 Å². The Morgan fingerprint density at radius 1 is 1.41 bits per heavy atom. The van der Waals surface area contributed by atoms with E-state index in [9.17, 15) is 0 Å². The second-order valence-electron chi connectivity index (χ2n) is 6.31. The van der Waals surface area contributed by atoms with E-state index in [0.717, 1.165) is 36.6 Å². The highest BCUT2D eigenvalue weighted by molar-refractivity contribution is 9.10. The number of rotatable bonds is 5. The van der Waals surface area contributed by atoms with Gasteiger partial charge in [-0.05, 0) is 36.5 Å². The van der Waals surface area contributed by atoms with Gasteiger partial charge in [-0.3, -0.25) is 4.99 Å². The van der Waals surface area contributed by atoms with Crippen LogP contribution in [0, 0.1) is 11.8 Å². The molecule has 0 radical (unpaired) electrons. The van der Waals surface area contributed by atoms with Crippen LogP contribution in [0.3, 0.4) is 0 Å². The van der Waals surface area contributed by atoms with Crippen LogP contribution in [0.5, 0.6) is 0 Å². The molecule has 0 saturated carbocycles. The molecule has 1 aromatic carbocycles. The van der Waals surface area contributed by atoms with Gasteiger partial charge in [0.2, 0.25) is 0 Å². The Kier molecular flexibility index (Phi) is 6.55. The smallest absolute Gasteiger partial charge is 0.190 e. The molecule has 1 atom stereocenters. The van der Waals surface area contributed by atoms with E-state index in [2.05, 4.69) is 74.6 Å². The molecule has 1 unspecified atom stereocenters. The Bertz CT molecular complexity index is 501. The second kappa shape index (κ2) is 8.42. The Morgan fingerprint density at radius 2 is 2.23 bits per heavy atom. The fourth-order valence-corrected chi connectivity index (χ4v) is 3.06. The number of guanidine groups is 1. The highest BCUT2D eigenvalue weighted by Gasteiger charge is 2.22. The SMILES string of the molecule is CN=C(NCC(C)C)NCC1CCN(c2cccc(Br)c2)C1. The summed E-state index contributed by atoms with van der Waals surface area (Å²) in [6.07, 6.45) is 1.22. The minimum atomic E-state index is 0.622. The summed E-state index contributed by atoms with van der Waals surface area (Å²) in [7, 11) is 1.83. The number of hydrogen-bond acceptors (Lipinski definition) is 2. The Morgan fingerprint density at radius 3 is 2.91 bits per heavy atom. The predicted molar refractivity (Wildman–Crippen MR) is 98.7 cm³/mol. The van der Waals surface area contributed by atoms with E-state index >= 15 is 0 Å². The standard InChI is InChI=1S/C17H27BrN4/c1-13(2)10-20-17(19-3)21-11-14-7-8-22(12-14)16-6-4-5-15(18)9-16/h4-6,9,13-14H,7-8,10-12H2,1-3H3,(H2,19,20,21). The first-order valence-corrected chi connectivity index (χ1v) is 8.83. The van der Waals surface area contributed by atoms with Crippen LogP contribution in [0.4, 0.5) is 5.69 Å². The van der Waals surface area contributed by atoms with E-state index in [0.29, 0.717) is 11.8 Å². The summed E-state index contributed by atoms with van der Waals surface area (Å²) in [6, 6.07) is 8.55. The van der Waals surface area contributed by atoms with Crippen molar-refractivity contribution in [1.29, 1.82) is 0 Å². The topological polar surface area (TPSA) is 39.7 Å². The van der Waals surface area contributed by atoms with Crippen LogP contribution in [-0.4, -0.2) is 39.2 Å². The first-order chi connectivity index (χ1) is 10.6. The van der Waals surface area contributed by atoms with E-state index < -0.39 is 0 Å². The Balaban J connectivity index is 1.79. The molecule has 1 aliphatic heterocycles. The molecule has 2 rings (SSSR count). The van der Waals surface area contributed by atoms with Crippen LogP contribution < -0.4 is 15.5 Å². The molecule has 0 amide bonds. The Labute approximate surface area is 142 Å². The summed E-state index contributed by atoms with van der Waals surface area (Å²) in [6.45, 7) is 8.56. The van der Waals surface area contributed by atoms with E-state index in [1.165, 1.54) is 12.1 Å². The fourth-order valence-electron chi connectivity index (χ4n) is 2.67. The zero-order chi connectivity index (χ0) is 15.9. The maximum atomic E-state index is 4.28. The molecule has 0 aromatic heterocycles. The normalized spacial score (nSPS) is 18.9. The maximum Gasteiger partial charge on any atom is 0.190 e. The molecule has 0 spiro atoms. The van der Waals surface area contributed by atoms with Gasteiger partial charge in [-0.1, -0.05) is 35.8 Å². The largest absolute Gasteiger partial charge is 0.371 e. The molecular weight excluding hydrogens is 340 g/mol. The number of nitrogens with one attached hydrogen (secondary N) is 2. The van der Waals surface area contributed by atoms with E-state index in [1.807, 2.05) is 7.05 Å². The van der Waals surface area contributed by atoms with Crippen LogP contribution in [0.1, 0.15) is 20.3 Å². The van der Waals surface area contributed by atoms with E-state index in [1.54, 1.807) is 0 Å². The van der Waals surface area contributed by atoms with Crippen molar-refractivity contribution < 1.29 is 0 Å². The third-order valence-electron chi connectivity index (χ3n) is 3.92. The van der Waals surface area contributed by atoms with Gasteiger partial charge in [0.05, 0.1) is 0 Å². The first-order valence-electron chi connectivity index (χ1n) is 8.03. The molecule has 1 aromatic rings. The summed E-state index contributed by atoms with van der Waals surface area (Å²) >= 11 is 3.55. The monoisotopic (exact) mass is 366 g/mol. The van der Waals surface area contributed by atoms with Crippen molar-refractivity contribution in [3.8, 4) is 0 Å². The van der Waals surface area contributed by atoms with Gasteiger partial charge in [0.1, 0.15) is 0 Å². The zero-order valence-electron chi connectivity index (χ0n) is 13.8. The molecule has 0 aliphatic carbocycles. The van der Waals surface area contributed by atoms with Crippen molar-refractivity contribution >= 4 is 27.6 Å². The lowest BCUT2D eigenvalue weighted by atomic mass is 10.1. The van der Waals surface area contributed by atoms with Crippen LogP contribution in [0.25, 0.3) is 0 Å². The number of nitrogens with zero attached hydrogens (tertiary/aromatic N) is 2. The maximum absolute atomic E-state index is 4.28.